The third kappa shape index (κ3) is 57.9. The molecule has 1 unspecified atom stereocenters. The number of carbonyl (C=O) groups is 3. The lowest BCUT2D eigenvalue weighted by molar-refractivity contribution is -0.167. The van der Waals surface area contributed by atoms with Crippen molar-refractivity contribution in [3.8, 4) is 0 Å². The lowest BCUT2D eigenvalue weighted by Crippen LogP contribution is -2.30. The Hall–Kier alpha value is -4.97. The summed E-state index contributed by atoms with van der Waals surface area (Å²) in [5, 5.41) is 0. The van der Waals surface area contributed by atoms with E-state index < -0.39 is 6.10 Å². The van der Waals surface area contributed by atoms with Crippen LogP contribution in [0.3, 0.4) is 0 Å². The summed E-state index contributed by atoms with van der Waals surface area (Å²) < 4.78 is 16.7. The molecule has 0 aromatic rings. The first-order chi connectivity index (χ1) is 36.5. The van der Waals surface area contributed by atoms with Crippen molar-refractivity contribution in [2.45, 2.75) is 239 Å². The minimum absolute atomic E-state index is 0.102. The Morgan fingerprint density at radius 2 is 0.527 bits per heavy atom. The maximum Gasteiger partial charge on any atom is 0.306 e. The highest BCUT2D eigenvalue weighted by molar-refractivity contribution is 5.71. The molecule has 0 fully saturated rings. The van der Waals surface area contributed by atoms with Gasteiger partial charge in [0.05, 0.1) is 0 Å². The molecule has 0 saturated heterocycles. The van der Waals surface area contributed by atoms with E-state index in [1.165, 1.54) is 44.9 Å². The number of hydrogen-bond acceptors (Lipinski definition) is 6. The predicted molar refractivity (Wildman–Crippen MR) is 320 cm³/mol. The molecule has 0 bridgehead atoms. The quantitative estimate of drug-likeness (QED) is 0.0261. The van der Waals surface area contributed by atoms with Crippen molar-refractivity contribution in [2.24, 2.45) is 0 Å². The van der Waals surface area contributed by atoms with Crippen LogP contribution in [0, 0.1) is 0 Å². The average molecular weight is 1020 g/mol. The highest BCUT2D eigenvalue weighted by Gasteiger charge is 2.19. The Kier molecular flexibility index (Phi) is 56.5. The molecule has 6 nitrogen and oxygen atoms in total. The van der Waals surface area contributed by atoms with Crippen LogP contribution in [-0.4, -0.2) is 37.2 Å². The molecule has 1 atom stereocenters. The second-order valence-corrected chi connectivity index (χ2v) is 18.8. The topological polar surface area (TPSA) is 78.9 Å². The molecule has 0 spiro atoms. The van der Waals surface area contributed by atoms with Crippen LogP contribution in [0.4, 0.5) is 0 Å². The smallest absolute Gasteiger partial charge is 0.306 e. The molecular weight excluding hydrogens is 913 g/mol. The fourth-order valence-corrected chi connectivity index (χ4v) is 7.42. The summed E-state index contributed by atoms with van der Waals surface area (Å²) in [5.41, 5.74) is 0. The number of unbranched alkanes of at least 4 members (excludes halogenated alkanes) is 14. The maximum absolute atomic E-state index is 12.8. The second-order valence-electron chi connectivity index (χ2n) is 18.8. The van der Waals surface area contributed by atoms with E-state index in [2.05, 4.69) is 179 Å². The zero-order valence-electron chi connectivity index (χ0n) is 47.3. The lowest BCUT2D eigenvalue weighted by Gasteiger charge is -2.18. The minimum atomic E-state index is -0.805. The molecule has 0 aliphatic carbocycles. The summed E-state index contributed by atoms with van der Waals surface area (Å²) in [6.45, 7) is 6.29. The van der Waals surface area contributed by atoms with E-state index in [0.29, 0.717) is 25.7 Å². The van der Waals surface area contributed by atoms with E-state index in [-0.39, 0.29) is 31.1 Å². The Labute approximate surface area is 454 Å². The van der Waals surface area contributed by atoms with Crippen LogP contribution in [0.1, 0.15) is 233 Å². The first-order valence-electron chi connectivity index (χ1n) is 29.5. The summed E-state index contributed by atoms with van der Waals surface area (Å²) in [7, 11) is 0. The molecule has 0 saturated carbocycles. The van der Waals surface area contributed by atoms with Gasteiger partial charge in [-0.05, 0) is 128 Å². The van der Waals surface area contributed by atoms with Gasteiger partial charge in [0.25, 0.3) is 0 Å². The molecule has 0 amide bonds. The summed E-state index contributed by atoms with van der Waals surface area (Å²) in [6.07, 6.45) is 88.5. The van der Waals surface area contributed by atoms with Crippen LogP contribution >= 0.6 is 0 Å². The molecule has 0 aromatic carbocycles. The fourth-order valence-electron chi connectivity index (χ4n) is 7.42. The van der Waals surface area contributed by atoms with Crippen LogP contribution in [0.2, 0.25) is 0 Å². The van der Waals surface area contributed by atoms with Gasteiger partial charge >= 0.3 is 17.9 Å². The normalized spacial score (nSPS) is 13.3. The molecule has 6 heteroatoms. The lowest BCUT2D eigenvalue weighted by atomic mass is 10.1. The van der Waals surface area contributed by atoms with Gasteiger partial charge in [-0.3, -0.25) is 14.4 Å². The number of hydrogen-bond donors (Lipinski definition) is 0. The molecule has 0 rings (SSSR count). The van der Waals surface area contributed by atoms with Crippen molar-refractivity contribution >= 4 is 17.9 Å². The van der Waals surface area contributed by atoms with Crippen LogP contribution < -0.4 is 0 Å². The van der Waals surface area contributed by atoms with Crippen molar-refractivity contribution in [2.75, 3.05) is 13.2 Å². The molecule has 0 aliphatic rings. The van der Waals surface area contributed by atoms with Crippen molar-refractivity contribution in [3.05, 3.63) is 158 Å². The van der Waals surface area contributed by atoms with E-state index in [1.54, 1.807) is 0 Å². The third-order valence-corrected chi connectivity index (χ3v) is 11.8. The fraction of sp³-hybridized carbons (Fsp3) is 0.574. The number of esters is 3. The van der Waals surface area contributed by atoms with E-state index in [9.17, 15) is 14.4 Å². The molecule has 0 heterocycles. The van der Waals surface area contributed by atoms with E-state index in [1.807, 2.05) is 0 Å². The second kappa shape index (κ2) is 60.6. The van der Waals surface area contributed by atoms with Gasteiger partial charge in [0.15, 0.2) is 6.10 Å². The predicted octanol–water partition coefficient (Wildman–Crippen LogP) is 20.1. The Morgan fingerprint density at radius 3 is 0.851 bits per heavy atom. The van der Waals surface area contributed by atoms with Gasteiger partial charge in [0.1, 0.15) is 13.2 Å². The molecule has 0 aliphatic heterocycles. The number of rotatable bonds is 51. The first kappa shape index (κ1) is 69.0. The summed E-state index contributed by atoms with van der Waals surface area (Å²) >= 11 is 0. The van der Waals surface area contributed by atoms with Crippen LogP contribution in [0.5, 0.6) is 0 Å². The van der Waals surface area contributed by atoms with Gasteiger partial charge < -0.3 is 14.2 Å². The Bertz CT molecular complexity index is 1690. The largest absolute Gasteiger partial charge is 0.462 e. The maximum atomic E-state index is 12.8. The average Bonchev–Trinajstić information content (AvgIpc) is 3.40. The van der Waals surface area contributed by atoms with Crippen LogP contribution in [0.15, 0.2) is 158 Å². The van der Waals surface area contributed by atoms with Crippen LogP contribution in [-0.2, 0) is 28.6 Å². The monoisotopic (exact) mass is 1020 g/mol. The van der Waals surface area contributed by atoms with Crippen molar-refractivity contribution in [1.29, 1.82) is 0 Å². The highest BCUT2D eigenvalue weighted by atomic mass is 16.6. The van der Waals surface area contributed by atoms with Crippen LogP contribution in [0.25, 0.3) is 0 Å². The van der Waals surface area contributed by atoms with Gasteiger partial charge in [-0.15, -0.1) is 0 Å². The highest BCUT2D eigenvalue weighted by Crippen LogP contribution is 2.13. The minimum Gasteiger partial charge on any atom is -0.462 e. The van der Waals surface area contributed by atoms with Gasteiger partial charge in [-0.2, -0.15) is 0 Å². The van der Waals surface area contributed by atoms with Gasteiger partial charge in [0, 0.05) is 19.3 Å². The zero-order chi connectivity index (χ0) is 53.6. The molecule has 74 heavy (non-hydrogen) atoms. The van der Waals surface area contributed by atoms with Crippen molar-refractivity contribution < 1.29 is 28.6 Å². The number of allylic oxidation sites excluding steroid dienone is 26. The SMILES string of the molecule is CC/C=C\C/C=C\C/C=C\C/C=C\C/C=C\C/C=C\C/C=C\C/C=C\C/C=C\C/C=C\CCCCC(=O)OCC(COC(=O)CCCCCCCC)OC(=O)CCCCCCCCC/C=C\C/C=C\C/C=C\CC. The van der Waals surface area contributed by atoms with E-state index >= 15 is 0 Å². The first-order valence-corrected chi connectivity index (χ1v) is 29.5. The molecule has 0 N–H and O–H groups in total. The molecule has 414 valence electrons. The van der Waals surface area contributed by atoms with Gasteiger partial charge in [-0.1, -0.05) is 243 Å². The van der Waals surface area contributed by atoms with Crippen molar-refractivity contribution in [1.82, 2.24) is 0 Å². The van der Waals surface area contributed by atoms with Crippen molar-refractivity contribution in [3.63, 3.8) is 0 Å². The summed E-state index contributed by atoms with van der Waals surface area (Å²) in [5.74, 6) is -0.976. The van der Waals surface area contributed by atoms with Gasteiger partial charge in [-0.25, -0.2) is 0 Å². The number of carbonyl (C=O) groups excluding carboxylic acids is 3. The standard InChI is InChI=1S/C68H106O6/c1-4-7-10-13-16-18-20-22-24-26-27-28-29-30-31-32-33-34-35-36-37-38-39-40-41-43-44-46-48-50-52-55-58-61-67(70)73-64-65(63-72-66(69)60-57-54-15-12-9-6-3)74-68(71)62-59-56-53-51-49-47-45-42-25-23-21-19-17-14-11-8-5-2/h7-8,10-11,16-19,22-25,27-28,30-31,33-34,36-37,39-40,43-44,48,50,65H,4-6,9,12-15,20-21,26,29,32,35,38,41-42,45-47,49,51-64H2,1-3H3/b10-7-,11-8-,18-16-,19-17-,24-22-,25-23-,28-27-,31-30-,34-33-,37-36-,40-39-,44-43-,50-48-. The van der Waals surface area contributed by atoms with Gasteiger partial charge in [0.2, 0.25) is 0 Å². The summed E-state index contributed by atoms with van der Waals surface area (Å²) in [4.78, 5) is 37.9. The van der Waals surface area contributed by atoms with E-state index in [4.69, 9.17) is 14.2 Å². The molecule has 0 radical (unpaired) electrons. The number of ether oxygens (including phenoxy) is 3. The third-order valence-electron chi connectivity index (χ3n) is 11.8. The Morgan fingerprint density at radius 1 is 0.284 bits per heavy atom. The van der Waals surface area contributed by atoms with E-state index in [0.717, 1.165) is 141 Å². The summed E-state index contributed by atoms with van der Waals surface area (Å²) in [6, 6.07) is 0. The zero-order valence-corrected chi connectivity index (χ0v) is 47.3. The molecular formula is C68H106O6. The Balaban J connectivity index is 4.25. The molecule has 0 aromatic heterocycles.